The van der Waals surface area contributed by atoms with Gasteiger partial charge in [0.1, 0.15) is 5.82 Å². The van der Waals surface area contributed by atoms with Crippen molar-refractivity contribution in [2.75, 3.05) is 0 Å². The van der Waals surface area contributed by atoms with Gasteiger partial charge in [0.15, 0.2) is 0 Å². The van der Waals surface area contributed by atoms with E-state index in [0.717, 1.165) is 11.3 Å². The molecule has 1 aromatic heterocycles. The molecule has 1 fully saturated rings. The van der Waals surface area contributed by atoms with Crippen LogP contribution in [0.2, 0.25) is 0 Å². The van der Waals surface area contributed by atoms with Gasteiger partial charge in [0.25, 0.3) is 0 Å². The van der Waals surface area contributed by atoms with E-state index in [-0.39, 0.29) is 5.82 Å². The third-order valence-corrected chi connectivity index (χ3v) is 3.46. The van der Waals surface area contributed by atoms with E-state index in [9.17, 15) is 4.39 Å². The number of rotatable bonds is 2. The second-order valence-corrected chi connectivity index (χ2v) is 4.85. The van der Waals surface area contributed by atoms with Crippen LogP contribution < -0.4 is 0 Å². The Morgan fingerprint density at radius 1 is 1.21 bits per heavy atom. The van der Waals surface area contributed by atoms with Crippen LogP contribution in [0.3, 0.4) is 0 Å². The van der Waals surface area contributed by atoms with Gasteiger partial charge in [0.05, 0.1) is 5.69 Å². The molecule has 0 aliphatic heterocycles. The molecule has 102 valence electrons. The Bertz CT molecular complexity index is 568. The number of halogens is 1. The Morgan fingerprint density at radius 2 is 1.89 bits per heavy atom. The van der Waals surface area contributed by atoms with Gasteiger partial charge < -0.3 is 0 Å². The van der Waals surface area contributed by atoms with Gasteiger partial charge in [-0.25, -0.2) is 4.39 Å². The van der Waals surface area contributed by atoms with Gasteiger partial charge in [-0.3, -0.25) is 5.10 Å². The van der Waals surface area contributed by atoms with Crippen LogP contribution in [0.15, 0.2) is 18.2 Å². The van der Waals surface area contributed by atoms with Crippen molar-refractivity contribution in [3.05, 3.63) is 40.8 Å². The smallest absolute Gasteiger partial charge is 0.126 e. The van der Waals surface area contributed by atoms with Crippen LogP contribution in [-0.4, -0.2) is 10.2 Å². The van der Waals surface area contributed by atoms with E-state index in [0.29, 0.717) is 11.5 Å². The van der Waals surface area contributed by atoms with Gasteiger partial charge in [-0.2, -0.15) is 5.10 Å². The van der Waals surface area contributed by atoms with E-state index in [2.05, 4.69) is 17.1 Å². The fourth-order valence-corrected chi connectivity index (χ4v) is 2.25. The second kappa shape index (κ2) is 5.55. The molecule has 0 spiro atoms. The third-order valence-electron chi connectivity index (χ3n) is 3.46. The zero-order valence-corrected chi connectivity index (χ0v) is 12.0. The summed E-state index contributed by atoms with van der Waals surface area (Å²) in [5.41, 5.74) is 5.07. The maximum absolute atomic E-state index is 13.2. The summed E-state index contributed by atoms with van der Waals surface area (Å²) < 4.78 is 13.2. The topological polar surface area (TPSA) is 28.7 Å². The van der Waals surface area contributed by atoms with E-state index in [1.54, 1.807) is 13.0 Å². The minimum atomic E-state index is -0.163. The summed E-state index contributed by atoms with van der Waals surface area (Å²) in [5.74, 6) is 0.502. The molecule has 0 saturated heterocycles. The quantitative estimate of drug-likeness (QED) is 0.830. The summed E-state index contributed by atoms with van der Waals surface area (Å²) in [6, 6.07) is 5.16. The molecule has 1 heterocycles. The molecule has 2 aromatic rings. The maximum Gasteiger partial charge on any atom is 0.126 e. The van der Waals surface area contributed by atoms with Gasteiger partial charge in [-0.15, -0.1) is 0 Å². The Labute approximate surface area is 114 Å². The van der Waals surface area contributed by atoms with Crippen LogP contribution >= 0.6 is 0 Å². The van der Waals surface area contributed by atoms with Crippen LogP contribution in [-0.2, 0) is 0 Å². The van der Waals surface area contributed by atoms with E-state index in [4.69, 9.17) is 0 Å². The Morgan fingerprint density at radius 3 is 2.47 bits per heavy atom. The summed E-state index contributed by atoms with van der Waals surface area (Å²) in [5, 5.41) is 7.50. The van der Waals surface area contributed by atoms with Gasteiger partial charge in [0, 0.05) is 17.2 Å². The van der Waals surface area contributed by atoms with Crippen LogP contribution in [0.4, 0.5) is 4.39 Å². The largest absolute Gasteiger partial charge is 0.281 e. The number of aromatic nitrogens is 2. The zero-order valence-electron chi connectivity index (χ0n) is 12.0. The first-order valence-corrected chi connectivity index (χ1v) is 6.98. The summed E-state index contributed by atoms with van der Waals surface area (Å²) in [6.45, 7) is 7.87. The number of hydrogen-bond acceptors (Lipinski definition) is 1. The van der Waals surface area contributed by atoms with E-state index in [1.807, 2.05) is 19.9 Å². The first kappa shape index (κ1) is 13.8. The number of aryl methyl sites for hydroxylation is 1. The molecule has 1 aromatic carbocycles. The molecule has 0 unspecified atom stereocenters. The van der Waals surface area contributed by atoms with Crippen molar-refractivity contribution in [3.8, 4) is 11.3 Å². The fraction of sp³-hybridized carbons (Fsp3) is 0.438. The Hall–Kier alpha value is -1.64. The van der Waals surface area contributed by atoms with Gasteiger partial charge in [0.2, 0.25) is 0 Å². The minimum absolute atomic E-state index is 0.163. The molecule has 1 aliphatic rings. The van der Waals surface area contributed by atoms with Crippen molar-refractivity contribution in [2.45, 2.75) is 46.5 Å². The SMILES string of the molecule is CC.Cc1cc(-c2n[nH]c(C3CC3)c2C)ccc1F. The highest BCUT2D eigenvalue weighted by molar-refractivity contribution is 5.64. The summed E-state index contributed by atoms with van der Waals surface area (Å²) in [6.07, 6.45) is 2.51. The molecule has 0 atom stereocenters. The molecule has 1 saturated carbocycles. The van der Waals surface area contributed by atoms with Crippen LogP contribution in [0.5, 0.6) is 0 Å². The minimum Gasteiger partial charge on any atom is -0.281 e. The average molecular weight is 260 g/mol. The van der Waals surface area contributed by atoms with Gasteiger partial charge in [-0.05, 0) is 56.0 Å². The average Bonchev–Trinajstić information content (AvgIpc) is 3.19. The third kappa shape index (κ3) is 2.70. The van der Waals surface area contributed by atoms with Crippen molar-refractivity contribution in [1.29, 1.82) is 0 Å². The van der Waals surface area contributed by atoms with Crippen LogP contribution in [0, 0.1) is 19.7 Å². The molecule has 3 heteroatoms. The zero-order chi connectivity index (χ0) is 14.0. The van der Waals surface area contributed by atoms with Crippen molar-refractivity contribution in [3.63, 3.8) is 0 Å². The monoisotopic (exact) mass is 260 g/mol. The lowest BCUT2D eigenvalue weighted by Gasteiger charge is -2.02. The highest BCUT2D eigenvalue weighted by Crippen LogP contribution is 2.42. The number of hydrogen-bond donors (Lipinski definition) is 1. The Kier molecular flexibility index (Phi) is 4.03. The van der Waals surface area contributed by atoms with Gasteiger partial charge >= 0.3 is 0 Å². The summed E-state index contributed by atoms with van der Waals surface area (Å²) in [4.78, 5) is 0. The van der Waals surface area contributed by atoms with E-state index in [1.165, 1.54) is 30.2 Å². The van der Waals surface area contributed by atoms with E-state index >= 15 is 0 Å². The maximum atomic E-state index is 13.2. The predicted octanol–water partition coefficient (Wildman–Crippen LogP) is 4.74. The number of nitrogens with one attached hydrogen (secondary N) is 1. The molecule has 1 N–H and O–H groups in total. The highest BCUT2D eigenvalue weighted by atomic mass is 19.1. The first-order chi connectivity index (χ1) is 9.16. The number of nitrogens with zero attached hydrogens (tertiary/aromatic N) is 1. The highest BCUT2D eigenvalue weighted by Gasteiger charge is 2.28. The lowest BCUT2D eigenvalue weighted by Crippen LogP contribution is -1.87. The lowest BCUT2D eigenvalue weighted by atomic mass is 10.0. The molecule has 0 amide bonds. The summed E-state index contributed by atoms with van der Waals surface area (Å²) >= 11 is 0. The normalized spacial score (nSPS) is 13.9. The molecular weight excluding hydrogens is 239 g/mol. The predicted molar refractivity (Wildman–Crippen MR) is 76.8 cm³/mol. The molecule has 2 nitrogen and oxygen atoms in total. The standard InChI is InChI=1S/C14H15FN2.C2H6/c1-8-7-11(5-6-12(8)15)14-9(2)13(16-17-14)10-3-4-10;1-2/h5-7,10H,3-4H2,1-2H3,(H,16,17);1-2H3. The van der Waals surface area contributed by atoms with Crippen molar-refractivity contribution in [1.82, 2.24) is 10.2 Å². The number of aromatic amines is 1. The molecule has 1 aliphatic carbocycles. The number of benzene rings is 1. The van der Waals surface area contributed by atoms with Crippen molar-refractivity contribution >= 4 is 0 Å². The van der Waals surface area contributed by atoms with Crippen molar-refractivity contribution < 1.29 is 4.39 Å². The molecule has 3 rings (SSSR count). The lowest BCUT2D eigenvalue weighted by molar-refractivity contribution is 0.618. The number of H-pyrrole nitrogens is 1. The van der Waals surface area contributed by atoms with Crippen LogP contribution in [0.1, 0.15) is 49.4 Å². The first-order valence-electron chi connectivity index (χ1n) is 6.98. The second-order valence-electron chi connectivity index (χ2n) is 4.85. The van der Waals surface area contributed by atoms with E-state index < -0.39 is 0 Å². The molecular formula is C16H21FN2. The van der Waals surface area contributed by atoms with Crippen molar-refractivity contribution in [2.24, 2.45) is 0 Å². The fourth-order valence-electron chi connectivity index (χ4n) is 2.25. The Balaban J connectivity index is 0.000000637. The molecule has 0 radical (unpaired) electrons. The van der Waals surface area contributed by atoms with Gasteiger partial charge in [-0.1, -0.05) is 13.8 Å². The molecule has 19 heavy (non-hydrogen) atoms. The summed E-state index contributed by atoms with van der Waals surface area (Å²) in [7, 11) is 0. The molecule has 0 bridgehead atoms. The van der Waals surface area contributed by atoms with Crippen LogP contribution in [0.25, 0.3) is 11.3 Å².